The Morgan fingerprint density at radius 3 is 2.59 bits per heavy atom. The van der Waals surface area contributed by atoms with Gasteiger partial charge in [0.05, 0.1) is 23.4 Å². The molecule has 1 amide bonds. The van der Waals surface area contributed by atoms with Crippen LogP contribution < -0.4 is 10.1 Å². The van der Waals surface area contributed by atoms with E-state index in [4.69, 9.17) is 4.74 Å². The van der Waals surface area contributed by atoms with Crippen molar-refractivity contribution in [1.82, 2.24) is 9.55 Å². The zero-order valence-electron chi connectivity index (χ0n) is 17.5. The largest absolute Gasteiger partial charge is 0.454 e. The molecule has 6 nitrogen and oxygen atoms in total. The molecule has 2 N–H and O–H groups in total. The zero-order chi connectivity index (χ0) is 24.6. The zero-order valence-corrected chi connectivity index (χ0v) is 17.5. The van der Waals surface area contributed by atoms with Crippen LogP contribution in [0.3, 0.4) is 0 Å². The molecule has 0 fully saturated rings. The Kier molecular flexibility index (Phi) is 5.96. The number of hydrogen-bond donors (Lipinski definition) is 2. The van der Waals surface area contributed by atoms with E-state index >= 15 is 4.39 Å². The number of rotatable bonds is 4. The molecule has 176 valence electrons. The van der Waals surface area contributed by atoms with Gasteiger partial charge in [0.2, 0.25) is 0 Å². The summed E-state index contributed by atoms with van der Waals surface area (Å²) in [5, 5.41) is 11.5. The minimum Gasteiger partial charge on any atom is -0.454 e. The van der Waals surface area contributed by atoms with Gasteiger partial charge in [-0.3, -0.25) is 9.55 Å². The number of anilines is 1. The molecule has 11 heteroatoms. The van der Waals surface area contributed by atoms with Gasteiger partial charge in [-0.1, -0.05) is 0 Å². The number of aryl methyl sites for hydroxylation is 1. The fourth-order valence-corrected chi connectivity index (χ4v) is 3.44. The monoisotopic (exact) mass is 477 g/mol. The van der Waals surface area contributed by atoms with E-state index in [1.807, 2.05) is 0 Å². The van der Waals surface area contributed by atoms with Gasteiger partial charge < -0.3 is 15.2 Å². The fraction of sp³-hybridized carbons (Fsp3) is 0.130. The maximum atomic E-state index is 15.1. The summed E-state index contributed by atoms with van der Waals surface area (Å²) in [6.07, 6.45) is -3.55. The van der Waals surface area contributed by atoms with E-state index in [9.17, 15) is 27.5 Å². The van der Waals surface area contributed by atoms with Gasteiger partial charge in [-0.05, 0) is 49.4 Å². The summed E-state index contributed by atoms with van der Waals surface area (Å²) in [7, 11) is 0. The smallest absolute Gasteiger partial charge is 0.419 e. The predicted octanol–water partition coefficient (Wildman–Crippen LogP) is 6.01. The number of aromatic nitrogens is 2. The van der Waals surface area contributed by atoms with E-state index in [0.717, 1.165) is 10.6 Å². The highest BCUT2D eigenvalue weighted by molar-refractivity contribution is 6.00. The van der Waals surface area contributed by atoms with Crippen molar-refractivity contribution in [1.29, 1.82) is 0 Å². The topological polar surface area (TPSA) is 76.4 Å². The summed E-state index contributed by atoms with van der Waals surface area (Å²) in [6, 6.07) is 8.22. The number of nitrogens with one attached hydrogen (secondary N) is 1. The van der Waals surface area contributed by atoms with Gasteiger partial charge in [-0.15, -0.1) is 0 Å². The SMILES string of the molecule is Cc1cc2c(F)c(Oc3ccnc(CO)c3)ccc2n1C(=O)Nc1ccc(F)c(C(F)(F)F)c1. The third-order valence-corrected chi connectivity index (χ3v) is 4.97. The number of carbonyl (C=O) groups is 1. The lowest BCUT2D eigenvalue weighted by atomic mass is 10.2. The van der Waals surface area contributed by atoms with Crippen LogP contribution in [-0.4, -0.2) is 20.7 Å². The molecule has 0 aliphatic carbocycles. The number of ether oxygens (including phenoxy) is 1. The first kappa shape index (κ1) is 23.2. The van der Waals surface area contributed by atoms with Crippen LogP contribution in [0.15, 0.2) is 54.7 Å². The van der Waals surface area contributed by atoms with Gasteiger partial charge in [0.25, 0.3) is 0 Å². The summed E-state index contributed by atoms with van der Waals surface area (Å²) in [4.78, 5) is 16.7. The molecular formula is C23H16F5N3O3. The van der Waals surface area contributed by atoms with E-state index in [-0.39, 0.29) is 34.7 Å². The molecule has 0 atom stereocenters. The molecule has 0 spiro atoms. The van der Waals surface area contributed by atoms with E-state index in [2.05, 4.69) is 10.3 Å². The molecule has 0 radical (unpaired) electrons. The second-order valence-electron chi connectivity index (χ2n) is 7.30. The third-order valence-electron chi connectivity index (χ3n) is 4.97. The van der Waals surface area contributed by atoms with E-state index in [0.29, 0.717) is 23.5 Å². The quantitative estimate of drug-likeness (QED) is 0.353. The minimum absolute atomic E-state index is 0.0386. The molecule has 0 bridgehead atoms. The highest BCUT2D eigenvalue weighted by Gasteiger charge is 2.34. The predicted molar refractivity (Wildman–Crippen MR) is 113 cm³/mol. The van der Waals surface area contributed by atoms with Gasteiger partial charge in [-0.2, -0.15) is 13.2 Å². The van der Waals surface area contributed by atoms with Crippen molar-refractivity contribution < 1.29 is 36.6 Å². The summed E-state index contributed by atoms with van der Waals surface area (Å²) < 4.78 is 74.2. The Balaban J connectivity index is 1.66. The van der Waals surface area contributed by atoms with Crippen molar-refractivity contribution >= 4 is 22.6 Å². The molecule has 0 aliphatic heterocycles. The van der Waals surface area contributed by atoms with Gasteiger partial charge in [0.15, 0.2) is 11.6 Å². The van der Waals surface area contributed by atoms with Crippen molar-refractivity contribution in [2.45, 2.75) is 19.7 Å². The second-order valence-corrected chi connectivity index (χ2v) is 7.30. The number of aliphatic hydroxyl groups is 1. The van der Waals surface area contributed by atoms with Gasteiger partial charge in [0, 0.05) is 29.0 Å². The molecule has 0 saturated heterocycles. The number of halogens is 5. The number of benzene rings is 2. The Hall–Kier alpha value is -3.99. The highest BCUT2D eigenvalue weighted by Crippen LogP contribution is 2.34. The number of pyridine rings is 1. The average molecular weight is 477 g/mol. The summed E-state index contributed by atoms with van der Waals surface area (Å²) in [5.74, 6) is -2.14. The number of fused-ring (bicyclic) bond motifs is 1. The van der Waals surface area contributed by atoms with Crippen LogP contribution in [0.1, 0.15) is 17.0 Å². The molecule has 0 aliphatic rings. The number of nitrogens with zero attached hydrogens (tertiary/aromatic N) is 2. The van der Waals surface area contributed by atoms with Crippen LogP contribution in [0.25, 0.3) is 10.9 Å². The van der Waals surface area contributed by atoms with E-state index in [1.165, 1.54) is 43.5 Å². The van der Waals surface area contributed by atoms with E-state index < -0.39 is 29.4 Å². The van der Waals surface area contributed by atoms with Crippen molar-refractivity contribution in [3.8, 4) is 11.5 Å². The first-order valence-electron chi connectivity index (χ1n) is 9.81. The molecule has 34 heavy (non-hydrogen) atoms. The van der Waals surface area contributed by atoms with Crippen LogP contribution in [0.5, 0.6) is 11.5 Å². The Morgan fingerprint density at radius 2 is 1.88 bits per heavy atom. The highest BCUT2D eigenvalue weighted by atomic mass is 19.4. The molecule has 0 unspecified atom stereocenters. The van der Waals surface area contributed by atoms with Crippen molar-refractivity contribution in [3.63, 3.8) is 0 Å². The minimum atomic E-state index is -4.94. The lowest BCUT2D eigenvalue weighted by Gasteiger charge is -2.13. The Bertz CT molecular complexity index is 1400. The number of hydrogen-bond acceptors (Lipinski definition) is 4. The maximum Gasteiger partial charge on any atom is 0.419 e. The van der Waals surface area contributed by atoms with Crippen LogP contribution in [0, 0.1) is 18.6 Å². The second kappa shape index (κ2) is 8.75. The van der Waals surface area contributed by atoms with Crippen molar-refractivity contribution in [2.24, 2.45) is 0 Å². The summed E-state index contributed by atoms with van der Waals surface area (Å²) in [5.41, 5.74) is -1.03. The lowest BCUT2D eigenvalue weighted by Crippen LogP contribution is -2.21. The van der Waals surface area contributed by atoms with Crippen LogP contribution >= 0.6 is 0 Å². The van der Waals surface area contributed by atoms with Crippen LogP contribution in [0.4, 0.5) is 32.4 Å². The molecule has 2 heterocycles. The molecule has 0 saturated carbocycles. The first-order valence-corrected chi connectivity index (χ1v) is 9.81. The van der Waals surface area contributed by atoms with Gasteiger partial charge >= 0.3 is 12.2 Å². The number of aliphatic hydroxyl groups excluding tert-OH is 1. The normalized spacial score (nSPS) is 11.6. The summed E-state index contributed by atoms with van der Waals surface area (Å²) in [6.45, 7) is 1.19. The third kappa shape index (κ3) is 4.42. The molecule has 4 rings (SSSR count). The van der Waals surface area contributed by atoms with Gasteiger partial charge in [0.1, 0.15) is 11.6 Å². The maximum absolute atomic E-state index is 15.1. The Labute approximate surface area is 189 Å². The summed E-state index contributed by atoms with van der Waals surface area (Å²) >= 11 is 0. The van der Waals surface area contributed by atoms with E-state index in [1.54, 1.807) is 0 Å². The van der Waals surface area contributed by atoms with Crippen molar-refractivity contribution in [3.05, 3.63) is 83.3 Å². The number of carbonyl (C=O) groups excluding carboxylic acids is 1. The standard InChI is InChI=1S/C23H16F5N3O3/c1-12-8-16-19(4-5-20(21(16)25)34-15-6-7-29-14(9-15)11-32)31(12)22(33)30-13-2-3-18(24)17(10-13)23(26,27)28/h2-10,32H,11H2,1H3,(H,30,33). The Morgan fingerprint density at radius 1 is 1.12 bits per heavy atom. The molecule has 4 aromatic rings. The van der Waals surface area contributed by atoms with Crippen LogP contribution in [-0.2, 0) is 12.8 Å². The van der Waals surface area contributed by atoms with Crippen LogP contribution in [0.2, 0.25) is 0 Å². The molecular weight excluding hydrogens is 461 g/mol. The fourth-order valence-electron chi connectivity index (χ4n) is 3.44. The molecule has 2 aromatic heterocycles. The average Bonchev–Trinajstić information content (AvgIpc) is 3.13. The number of alkyl halides is 3. The lowest BCUT2D eigenvalue weighted by molar-refractivity contribution is -0.139. The first-order chi connectivity index (χ1) is 16.1. The van der Waals surface area contributed by atoms with Crippen molar-refractivity contribution in [2.75, 3.05) is 5.32 Å². The molecule has 2 aromatic carbocycles. The number of amides is 1. The van der Waals surface area contributed by atoms with Gasteiger partial charge in [-0.25, -0.2) is 13.6 Å².